The predicted octanol–water partition coefficient (Wildman–Crippen LogP) is 2.85. The van der Waals surface area contributed by atoms with E-state index in [-0.39, 0.29) is 22.8 Å². The number of carbonyl (C=O) groups excluding carboxylic acids is 1. The summed E-state index contributed by atoms with van der Waals surface area (Å²) in [5.41, 5.74) is 0.313. The van der Waals surface area contributed by atoms with Gasteiger partial charge in [-0.1, -0.05) is 40.5 Å². The summed E-state index contributed by atoms with van der Waals surface area (Å²) in [6.07, 6.45) is 7.20. The SMILES string of the molecule is CC1(C)CCCCC1NC(=O)C1NCCCC1(C)C. The Hall–Kier alpha value is -0.570. The molecule has 1 saturated heterocycles. The third-order valence-corrected chi connectivity index (χ3v) is 5.21. The van der Waals surface area contributed by atoms with Crippen LogP contribution < -0.4 is 10.6 Å². The summed E-state index contributed by atoms with van der Waals surface area (Å²) >= 11 is 0. The van der Waals surface area contributed by atoms with Crippen LogP contribution >= 0.6 is 0 Å². The van der Waals surface area contributed by atoms with Crippen LogP contribution in [-0.2, 0) is 4.79 Å². The standard InChI is InChI=1S/C16H30N2O/c1-15(2)9-6-5-8-12(15)18-14(19)13-16(3,4)10-7-11-17-13/h12-13,17H,5-11H2,1-4H3,(H,18,19). The Morgan fingerprint density at radius 1 is 1.05 bits per heavy atom. The number of piperidine rings is 1. The summed E-state index contributed by atoms with van der Waals surface area (Å²) in [5.74, 6) is 0.213. The molecule has 0 radical (unpaired) electrons. The molecule has 1 aliphatic heterocycles. The molecule has 1 heterocycles. The van der Waals surface area contributed by atoms with Crippen LogP contribution in [0.25, 0.3) is 0 Å². The van der Waals surface area contributed by atoms with Gasteiger partial charge >= 0.3 is 0 Å². The molecule has 0 aromatic carbocycles. The highest BCUT2D eigenvalue weighted by Crippen LogP contribution is 2.36. The van der Waals surface area contributed by atoms with E-state index in [1.54, 1.807) is 0 Å². The molecule has 2 fully saturated rings. The maximum atomic E-state index is 12.6. The van der Waals surface area contributed by atoms with Crippen molar-refractivity contribution in [3.63, 3.8) is 0 Å². The van der Waals surface area contributed by atoms with E-state index in [1.165, 1.54) is 25.7 Å². The minimum atomic E-state index is -0.0287. The van der Waals surface area contributed by atoms with Crippen LogP contribution in [0.4, 0.5) is 0 Å². The average Bonchev–Trinajstić information content (AvgIpc) is 2.31. The first-order chi connectivity index (χ1) is 8.83. The Kier molecular flexibility index (Phi) is 4.24. The van der Waals surface area contributed by atoms with Gasteiger partial charge in [-0.25, -0.2) is 0 Å². The summed E-state index contributed by atoms with van der Waals surface area (Å²) in [5, 5.41) is 6.75. The van der Waals surface area contributed by atoms with Crippen molar-refractivity contribution in [3.8, 4) is 0 Å². The molecule has 2 N–H and O–H groups in total. The van der Waals surface area contributed by atoms with Crippen LogP contribution in [0.15, 0.2) is 0 Å². The van der Waals surface area contributed by atoms with Gasteiger partial charge in [-0.2, -0.15) is 0 Å². The van der Waals surface area contributed by atoms with E-state index in [1.807, 2.05) is 0 Å². The number of amides is 1. The number of hydrogen-bond acceptors (Lipinski definition) is 2. The van der Waals surface area contributed by atoms with E-state index in [0.717, 1.165) is 19.4 Å². The van der Waals surface area contributed by atoms with Crippen LogP contribution in [0.5, 0.6) is 0 Å². The summed E-state index contributed by atoms with van der Waals surface area (Å²) < 4.78 is 0. The molecular formula is C16H30N2O. The Bertz CT molecular complexity index is 336. The van der Waals surface area contributed by atoms with Crippen molar-refractivity contribution < 1.29 is 4.79 Å². The number of nitrogens with one attached hydrogen (secondary N) is 2. The predicted molar refractivity (Wildman–Crippen MR) is 79.0 cm³/mol. The Labute approximate surface area is 117 Å². The summed E-state index contributed by atoms with van der Waals surface area (Å²) in [6.45, 7) is 9.95. The lowest BCUT2D eigenvalue weighted by atomic mass is 9.72. The minimum absolute atomic E-state index is 0.0287. The summed E-state index contributed by atoms with van der Waals surface area (Å²) in [6, 6.07) is 0.312. The molecule has 2 aliphatic rings. The molecule has 19 heavy (non-hydrogen) atoms. The molecule has 110 valence electrons. The van der Waals surface area contributed by atoms with Crippen LogP contribution in [0.2, 0.25) is 0 Å². The van der Waals surface area contributed by atoms with E-state index in [9.17, 15) is 4.79 Å². The van der Waals surface area contributed by atoms with Crippen molar-refractivity contribution in [1.29, 1.82) is 0 Å². The van der Waals surface area contributed by atoms with Crippen molar-refractivity contribution in [3.05, 3.63) is 0 Å². The Morgan fingerprint density at radius 3 is 2.37 bits per heavy atom. The zero-order valence-electron chi connectivity index (χ0n) is 13.0. The molecule has 0 aromatic heterocycles. The number of carbonyl (C=O) groups is 1. The van der Waals surface area contributed by atoms with Crippen molar-refractivity contribution in [1.82, 2.24) is 10.6 Å². The molecule has 2 rings (SSSR count). The second-order valence-corrected chi connectivity index (χ2v) is 7.77. The molecule has 3 heteroatoms. The molecule has 1 amide bonds. The monoisotopic (exact) mass is 266 g/mol. The zero-order valence-corrected chi connectivity index (χ0v) is 13.0. The van der Waals surface area contributed by atoms with Gasteiger partial charge in [0.1, 0.15) is 0 Å². The van der Waals surface area contributed by atoms with E-state index < -0.39 is 0 Å². The quantitative estimate of drug-likeness (QED) is 0.807. The summed E-state index contributed by atoms with van der Waals surface area (Å²) in [4.78, 5) is 12.6. The van der Waals surface area contributed by atoms with Crippen LogP contribution in [0, 0.1) is 10.8 Å². The topological polar surface area (TPSA) is 41.1 Å². The van der Waals surface area contributed by atoms with Crippen LogP contribution in [0.3, 0.4) is 0 Å². The van der Waals surface area contributed by atoms with Gasteiger partial charge in [0.25, 0.3) is 0 Å². The smallest absolute Gasteiger partial charge is 0.237 e. The maximum Gasteiger partial charge on any atom is 0.237 e. The molecule has 2 unspecified atom stereocenters. The first-order valence-corrected chi connectivity index (χ1v) is 7.87. The molecule has 0 bridgehead atoms. The lowest BCUT2D eigenvalue weighted by Gasteiger charge is -2.43. The molecule has 1 saturated carbocycles. The van der Waals surface area contributed by atoms with Gasteiger partial charge in [0.15, 0.2) is 0 Å². The van der Waals surface area contributed by atoms with Crippen molar-refractivity contribution >= 4 is 5.91 Å². The van der Waals surface area contributed by atoms with Gasteiger partial charge in [-0.3, -0.25) is 4.79 Å². The van der Waals surface area contributed by atoms with Gasteiger partial charge in [0.2, 0.25) is 5.91 Å². The second-order valence-electron chi connectivity index (χ2n) is 7.77. The van der Waals surface area contributed by atoms with Crippen molar-refractivity contribution in [2.24, 2.45) is 10.8 Å². The molecule has 0 spiro atoms. The molecule has 2 atom stereocenters. The first kappa shape index (κ1) is 14.8. The fourth-order valence-corrected chi connectivity index (χ4v) is 3.68. The lowest BCUT2D eigenvalue weighted by molar-refractivity contribution is -0.128. The molecular weight excluding hydrogens is 236 g/mol. The van der Waals surface area contributed by atoms with E-state index >= 15 is 0 Å². The lowest BCUT2D eigenvalue weighted by Crippen LogP contribution is -2.59. The van der Waals surface area contributed by atoms with Gasteiger partial charge in [-0.05, 0) is 43.1 Å². The van der Waals surface area contributed by atoms with Gasteiger partial charge in [0.05, 0.1) is 6.04 Å². The molecule has 0 aromatic rings. The van der Waals surface area contributed by atoms with Gasteiger partial charge in [0, 0.05) is 6.04 Å². The number of rotatable bonds is 2. The van der Waals surface area contributed by atoms with E-state index in [0.29, 0.717) is 6.04 Å². The first-order valence-electron chi connectivity index (χ1n) is 7.87. The van der Waals surface area contributed by atoms with Crippen LogP contribution in [-0.4, -0.2) is 24.5 Å². The highest BCUT2D eigenvalue weighted by molar-refractivity contribution is 5.83. The average molecular weight is 266 g/mol. The molecule has 1 aliphatic carbocycles. The summed E-state index contributed by atoms with van der Waals surface area (Å²) in [7, 11) is 0. The third-order valence-electron chi connectivity index (χ3n) is 5.21. The van der Waals surface area contributed by atoms with Gasteiger partial charge < -0.3 is 10.6 Å². The largest absolute Gasteiger partial charge is 0.351 e. The highest BCUT2D eigenvalue weighted by atomic mass is 16.2. The van der Waals surface area contributed by atoms with E-state index in [2.05, 4.69) is 38.3 Å². The maximum absolute atomic E-state index is 12.6. The Morgan fingerprint density at radius 2 is 1.74 bits per heavy atom. The highest BCUT2D eigenvalue weighted by Gasteiger charge is 2.40. The van der Waals surface area contributed by atoms with Crippen LogP contribution in [0.1, 0.15) is 66.2 Å². The molecule has 3 nitrogen and oxygen atoms in total. The fraction of sp³-hybridized carbons (Fsp3) is 0.938. The van der Waals surface area contributed by atoms with E-state index in [4.69, 9.17) is 0 Å². The third kappa shape index (κ3) is 3.31. The van der Waals surface area contributed by atoms with Crippen molar-refractivity contribution in [2.75, 3.05) is 6.54 Å². The van der Waals surface area contributed by atoms with Gasteiger partial charge in [-0.15, -0.1) is 0 Å². The number of hydrogen-bond donors (Lipinski definition) is 2. The second kappa shape index (κ2) is 5.43. The normalized spacial score (nSPS) is 33.7. The Balaban J connectivity index is 2.00. The zero-order chi connectivity index (χ0) is 14.1. The minimum Gasteiger partial charge on any atom is -0.351 e. The van der Waals surface area contributed by atoms with Crippen molar-refractivity contribution in [2.45, 2.75) is 78.3 Å². The fourth-order valence-electron chi connectivity index (χ4n) is 3.68.